The molecule has 2 amide bonds. The summed E-state index contributed by atoms with van der Waals surface area (Å²) >= 11 is 0. The van der Waals surface area contributed by atoms with E-state index in [1.54, 1.807) is 19.1 Å². The number of amides is 2. The SMILES string of the molecule is Cc1n[nH]c(C)c1-c1ccc(NC(=O)[C@@H](NC(=O)c2nonc2CCCO)C(C2CCCCC2)C2CCCCC2)nc1F. The van der Waals surface area contributed by atoms with E-state index >= 15 is 4.39 Å². The molecule has 0 bridgehead atoms. The number of aromatic nitrogens is 5. The van der Waals surface area contributed by atoms with Crippen molar-refractivity contribution in [3.63, 3.8) is 0 Å². The van der Waals surface area contributed by atoms with Crippen LogP contribution in [0.4, 0.5) is 10.2 Å². The van der Waals surface area contributed by atoms with E-state index in [-0.39, 0.29) is 35.9 Å². The molecule has 0 aliphatic heterocycles. The standard InChI is InChI=1S/C31H42FN7O4/c1-18-25(19(2)37-36-18)22-15-16-24(33-29(22)32)34-31(42)28(35-30(41)27-23(14-9-17-40)38-43-39-27)26(20-10-5-3-6-11-20)21-12-7-4-8-13-21/h15-16,20-21,26,28,40H,3-14,17H2,1-2H3,(H,35,41)(H,36,37)(H,33,34,42)/t28-/m0/s1. The largest absolute Gasteiger partial charge is 0.396 e. The summed E-state index contributed by atoms with van der Waals surface area (Å²) in [5.41, 5.74) is 2.66. The van der Waals surface area contributed by atoms with Gasteiger partial charge in [-0.3, -0.25) is 14.7 Å². The average Bonchev–Trinajstić information content (AvgIpc) is 3.62. The molecule has 0 aromatic carbocycles. The zero-order valence-electron chi connectivity index (χ0n) is 25.0. The highest BCUT2D eigenvalue weighted by Crippen LogP contribution is 2.42. The zero-order chi connectivity index (χ0) is 30.3. The Morgan fingerprint density at radius 2 is 1.72 bits per heavy atom. The molecule has 11 nitrogen and oxygen atoms in total. The van der Waals surface area contributed by atoms with Crippen molar-refractivity contribution in [2.45, 2.75) is 96.9 Å². The number of hydrogen-bond acceptors (Lipinski definition) is 8. The Kier molecular flexibility index (Phi) is 10.2. The monoisotopic (exact) mass is 595 g/mol. The number of H-pyrrole nitrogens is 1. The van der Waals surface area contributed by atoms with Gasteiger partial charge in [-0.1, -0.05) is 69.4 Å². The number of nitrogens with zero attached hydrogens (tertiary/aromatic N) is 4. The molecule has 3 aromatic heterocycles. The molecule has 2 saturated carbocycles. The number of hydrogen-bond donors (Lipinski definition) is 4. The number of nitrogens with one attached hydrogen (secondary N) is 3. The first-order valence-corrected chi connectivity index (χ1v) is 15.6. The van der Waals surface area contributed by atoms with Crippen LogP contribution in [-0.2, 0) is 11.2 Å². The number of aromatic amines is 1. The van der Waals surface area contributed by atoms with Crippen LogP contribution >= 0.6 is 0 Å². The fourth-order valence-corrected chi connectivity index (χ4v) is 7.15. The second-order valence-electron chi connectivity index (χ2n) is 12.0. The molecular formula is C31H42FN7O4. The molecule has 2 aliphatic rings. The molecule has 2 aliphatic carbocycles. The van der Waals surface area contributed by atoms with Crippen LogP contribution in [0.15, 0.2) is 16.8 Å². The first-order valence-electron chi connectivity index (χ1n) is 15.6. The smallest absolute Gasteiger partial charge is 0.276 e. The van der Waals surface area contributed by atoms with Gasteiger partial charge in [-0.15, -0.1) is 0 Å². The predicted molar refractivity (Wildman–Crippen MR) is 157 cm³/mol. The van der Waals surface area contributed by atoms with Gasteiger partial charge in [-0.05, 0) is 61.7 Å². The third kappa shape index (κ3) is 7.11. The topological polar surface area (TPSA) is 159 Å². The molecule has 0 radical (unpaired) electrons. The summed E-state index contributed by atoms with van der Waals surface area (Å²) in [6.07, 6.45) is 11.4. The molecule has 2 fully saturated rings. The van der Waals surface area contributed by atoms with Gasteiger partial charge < -0.3 is 15.7 Å². The van der Waals surface area contributed by atoms with Crippen molar-refractivity contribution in [3.8, 4) is 11.1 Å². The summed E-state index contributed by atoms with van der Waals surface area (Å²) in [7, 11) is 0. The highest BCUT2D eigenvalue weighted by atomic mass is 19.1. The van der Waals surface area contributed by atoms with Gasteiger partial charge in [-0.25, -0.2) is 9.61 Å². The van der Waals surface area contributed by atoms with Crippen LogP contribution in [0.25, 0.3) is 11.1 Å². The second kappa shape index (κ2) is 14.2. The van der Waals surface area contributed by atoms with E-state index < -0.39 is 23.8 Å². The van der Waals surface area contributed by atoms with Gasteiger partial charge in [0.15, 0.2) is 5.69 Å². The summed E-state index contributed by atoms with van der Waals surface area (Å²) in [6, 6.07) is 2.28. The summed E-state index contributed by atoms with van der Waals surface area (Å²) in [5.74, 6) is -1.17. The average molecular weight is 596 g/mol. The van der Waals surface area contributed by atoms with Crippen molar-refractivity contribution in [2.24, 2.45) is 17.8 Å². The maximum Gasteiger partial charge on any atom is 0.276 e. The minimum Gasteiger partial charge on any atom is -0.396 e. The number of halogens is 1. The van der Waals surface area contributed by atoms with Crippen LogP contribution in [0, 0.1) is 37.5 Å². The Morgan fingerprint density at radius 3 is 2.30 bits per heavy atom. The summed E-state index contributed by atoms with van der Waals surface area (Å²) in [4.78, 5) is 31.8. The molecule has 0 unspecified atom stereocenters. The van der Waals surface area contributed by atoms with Crippen LogP contribution in [0.3, 0.4) is 0 Å². The number of aliphatic hydroxyl groups excluding tert-OH is 1. The summed E-state index contributed by atoms with van der Waals surface area (Å²) < 4.78 is 20.2. The van der Waals surface area contributed by atoms with Gasteiger partial charge >= 0.3 is 0 Å². The first kappa shape index (κ1) is 30.8. The van der Waals surface area contributed by atoms with Gasteiger partial charge in [0.25, 0.3) is 5.91 Å². The number of rotatable bonds is 11. The molecule has 12 heteroatoms. The first-order chi connectivity index (χ1) is 20.9. The molecule has 4 N–H and O–H groups in total. The molecule has 0 saturated heterocycles. The quantitative estimate of drug-likeness (QED) is 0.224. The van der Waals surface area contributed by atoms with Crippen LogP contribution in [-0.4, -0.2) is 55.1 Å². The van der Waals surface area contributed by atoms with E-state index in [0.29, 0.717) is 35.4 Å². The van der Waals surface area contributed by atoms with Gasteiger partial charge in [-0.2, -0.15) is 9.49 Å². The number of carbonyl (C=O) groups excluding carboxylic acids is 2. The zero-order valence-corrected chi connectivity index (χ0v) is 25.0. The lowest BCUT2D eigenvalue weighted by atomic mass is 9.66. The molecule has 232 valence electrons. The normalized spacial score (nSPS) is 17.2. The summed E-state index contributed by atoms with van der Waals surface area (Å²) in [6.45, 7) is 3.54. The lowest BCUT2D eigenvalue weighted by Gasteiger charge is -2.41. The highest BCUT2D eigenvalue weighted by Gasteiger charge is 2.42. The van der Waals surface area contributed by atoms with Crippen LogP contribution < -0.4 is 10.6 Å². The molecule has 0 spiro atoms. The van der Waals surface area contributed by atoms with Crippen LogP contribution in [0.2, 0.25) is 0 Å². The Bertz CT molecular complexity index is 1360. The lowest BCUT2D eigenvalue weighted by Crippen LogP contribution is -2.53. The van der Waals surface area contributed by atoms with Crippen molar-refractivity contribution in [1.82, 2.24) is 30.8 Å². The van der Waals surface area contributed by atoms with E-state index in [1.165, 1.54) is 12.8 Å². The van der Waals surface area contributed by atoms with Crippen molar-refractivity contribution >= 4 is 17.6 Å². The van der Waals surface area contributed by atoms with Gasteiger partial charge in [0, 0.05) is 23.4 Å². The van der Waals surface area contributed by atoms with Crippen molar-refractivity contribution in [3.05, 3.63) is 40.9 Å². The summed E-state index contributed by atoms with van der Waals surface area (Å²) in [5, 5.41) is 29.8. The Hall–Kier alpha value is -3.67. The molecule has 3 heterocycles. The number of carbonyl (C=O) groups is 2. The Morgan fingerprint density at radius 1 is 1.05 bits per heavy atom. The van der Waals surface area contributed by atoms with E-state index in [9.17, 15) is 14.7 Å². The van der Waals surface area contributed by atoms with E-state index in [4.69, 9.17) is 4.63 Å². The Balaban J connectivity index is 1.45. The molecule has 5 rings (SSSR count). The Labute approximate surface area is 250 Å². The van der Waals surface area contributed by atoms with E-state index in [0.717, 1.165) is 57.1 Å². The fraction of sp³-hybridized carbons (Fsp3) is 0.613. The fourth-order valence-electron chi connectivity index (χ4n) is 7.15. The second-order valence-corrected chi connectivity index (χ2v) is 12.0. The van der Waals surface area contributed by atoms with Gasteiger partial charge in [0.05, 0.1) is 5.69 Å². The third-order valence-corrected chi connectivity index (χ3v) is 9.18. The van der Waals surface area contributed by atoms with E-state index in [1.807, 2.05) is 6.92 Å². The number of aliphatic hydroxyl groups is 1. The lowest BCUT2D eigenvalue weighted by molar-refractivity contribution is -0.121. The highest BCUT2D eigenvalue weighted by molar-refractivity contribution is 6.00. The number of aryl methyl sites for hydroxylation is 3. The van der Waals surface area contributed by atoms with Gasteiger partial charge in [0.1, 0.15) is 17.6 Å². The van der Waals surface area contributed by atoms with Gasteiger partial charge in [0.2, 0.25) is 11.9 Å². The third-order valence-electron chi connectivity index (χ3n) is 9.18. The van der Waals surface area contributed by atoms with Crippen molar-refractivity contribution in [2.75, 3.05) is 11.9 Å². The molecule has 1 atom stereocenters. The van der Waals surface area contributed by atoms with Crippen molar-refractivity contribution in [1.29, 1.82) is 0 Å². The minimum atomic E-state index is -0.885. The molecular weight excluding hydrogens is 553 g/mol. The van der Waals surface area contributed by atoms with E-state index in [2.05, 4.69) is 36.1 Å². The number of pyridine rings is 1. The maximum atomic E-state index is 15.3. The maximum absolute atomic E-state index is 15.3. The predicted octanol–water partition coefficient (Wildman–Crippen LogP) is 5.05. The van der Waals surface area contributed by atoms with Crippen LogP contribution in [0.1, 0.15) is 98.2 Å². The molecule has 3 aromatic rings. The number of anilines is 1. The van der Waals surface area contributed by atoms with Crippen LogP contribution in [0.5, 0.6) is 0 Å². The minimum absolute atomic E-state index is 0.0108. The molecule has 43 heavy (non-hydrogen) atoms. The van der Waals surface area contributed by atoms with Crippen molar-refractivity contribution < 1.29 is 23.7 Å².